The average Bonchev–Trinajstić information content (AvgIpc) is 3.43. The van der Waals surface area contributed by atoms with Crippen molar-refractivity contribution in [2.75, 3.05) is 0 Å². The third kappa shape index (κ3) is 5.14. The largest absolute Gasteiger partial charge is 0.456 e. The summed E-state index contributed by atoms with van der Waals surface area (Å²) >= 11 is 0. The van der Waals surface area contributed by atoms with Crippen molar-refractivity contribution >= 4 is 86.2 Å². The van der Waals surface area contributed by atoms with E-state index in [2.05, 4.69) is 152 Å². The van der Waals surface area contributed by atoms with Gasteiger partial charge in [-0.3, -0.25) is 0 Å². The monoisotopic (exact) mass is 786 g/mol. The Balaban J connectivity index is 1.23. The van der Waals surface area contributed by atoms with Gasteiger partial charge in [-0.1, -0.05) is 197 Å². The van der Waals surface area contributed by atoms with Gasteiger partial charge in [-0.15, -0.1) is 0 Å². The van der Waals surface area contributed by atoms with Crippen molar-refractivity contribution in [3.8, 4) is 22.6 Å². The number of ether oxygens (including phenoxy) is 1. The van der Waals surface area contributed by atoms with E-state index in [0.29, 0.717) is 28.2 Å². The highest BCUT2D eigenvalue weighted by Crippen LogP contribution is 2.55. The summed E-state index contributed by atoms with van der Waals surface area (Å²) in [6.07, 6.45) is 0. The molecular weight excluding hydrogens is 737 g/mol. The first-order valence-corrected chi connectivity index (χ1v) is 21.0. The molecular formula is C60H44O. The van der Waals surface area contributed by atoms with E-state index in [9.17, 15) is 0 Å². The van der Waals surface area contributed by atoms with E-state index < -0.39 is 24.5 Å². The molecule has 1 heterocycles. The van der Waals surface area contributed by atoms with Gasteiger partial charge in [0.1, 0.15) is 11.5 Å². The van der Waals surface area contributed by atoms with Crippen molar-refractivity contribution in [2.45, 2.75) is 38.4 Å². The van der Waals surface area contributed by atoms with Crippen LogP contribution in [0.4, 0.5) is 0 Å². The predicted molar refractivity (Wildman–Crippen MR) is 262 cm³/mol. The molecule has 0 saturated carbocycles. The maximum absolute atomic E-state index is 9.10. The van der Waals surface area contributed by atoms with Crippen molar-refractivity contribution in [3.63, 3.8) is 0 Å². The second-order valence-corrected chi connectivity index (χ2v) is 17.0. The van der Waals surface area contributed by atoms with Gasteiger partial charge < -0.3 is 4.74 Å². The minimum absolute atomic E-state index is 0.326. The number of hydrogen-bond acceptors (Lipinski definition) is 1. The number of benzene rings is 9. The van der Waals surface area contributed by atoms with Crippen LogP contribution in [0, 0.1) is 0 Å². The van der Waals surface area contributed by atoms with Crippen LogP contribution in [0.25, 0.3) is 97.3 Å². The van der Waals surface area contributed by atoms with Gasteiger partial charge >= 0.3 is 0 Å². The van der Waals surface area contributed by atoms with Crippen LogP contribution >= 0.6 is 0 Å². The number of para-hydroxylation sites is 2. The fourth-order valence-corrected chi connectivity index (χ4v) is 10.3. The lowest BCUT2D eigenvalue weighted by atomic mass is 9.61. The van der Waals surface area contributed by atoms with Crippen LogP contribution in [0.15, 0.2) is 194 Å². The molecule has 0 bridgehead atoms. The molecule has 11 aromatic carbocycles. The number of fused-ring (bicyclic) bond motifs is 18. The molecule has 1 nitrogen and oxygen atoms in total. The molecule has 1 heteroatoms. The van der Waals surface area contributed by atoms with E-state index >= 15 is 0 Å². The first kappa shape index (κ1) is 29.9. The van der Waals surface area contributed by atoms with Gasteiger partial charge in [0.2, 0.25) is 0 Å². The summed E-state index contributed by atoms with van der Waals surface area (Å²) in [5.74, 6) is 0.665. The summed E-state index contributed by atoms with van der Waals surface area (Å²) in [6.45, 7) is -2.32. The topological polar surface area (TPSA) is 9.23 Å². The summed E-state index contributed by atoms with van der Waals surface area (Å²) < 4.78 is 61.1. The molecule has 0 amide bonds. The molecule has 0 spiro atoms. The quantitative estimate of drug-likeness (QED) is 0.161. The third-order valence-corrected chi connectivity index (χ3v) is 13.6. The molecule has 2 atom stereocenters. The lowest BCUT2D eigenvalue weighted by molar-refractivity contribution is 0.306. The molecule has 12 rings (SSSR count). The third-order valence-electron chi connectivity index (χ3n) is 13.6. The van der Waals surface area contributed by atoms with Crippen LogP contribution in [0.3, 0.4) is 0 Å². The lowest BCUT2D eigenvalue weighted by Crippen LogP contribution is -2.39. The second kappa shape index (κ2) is 13.1. The molecule has 1 aliphatic heterocycles. The van der Waals surface area contributed by atoms with E-state index in [0.717, 1.165) is 54.0 Å². The van der Waals surface area contributed by atoms with Gasteiger partial charge in [0, 0.05) is 35.7 Å². The fourth-order valence-electron chi connectivity index (χ4n) is 10.3. The molecule has 290 valence electrons. The van der Waals surface area contributed by atoms with Gasteiger partial charge in [0.05, 0.1) is 0 Å². The summed E-state index contributed by atoms with van der Waals surface area (Å²) in [5.41, 5.74) is -1.59. The second-order valence-electron chi connectivity index (χ2n) is 17.0. The van der Waals surface area contributed by atoms with Gasteiger partial charge in [0.15, 0.2) is 0 Å². The molecule has 11 aromatic rings. The van der Waals surface area contributed by atoms with Crippen LogP contribution in [-0.2, 0) is 10.8 Å². The Bertz CT molecular complexity index is 3980. The predicted octanol–water partition coefficient (Wildman–Crippen LogP) is 17.1. The van der Waals surface area contributed by atoms with E-state index in [1.54, 1.807) is 44.2 Å². The van der Waals surface area contributed by atoms with Crippen molar-refractivity contribution in [1.82, 2.24) is 0 Å². The fraction of sp³-hybridized carbons (Fsp3) is 0.100. The molecule has 1 aliphatic rings. The molecule has 2 unspecified atom stereocenters. The van der Waals surface area contributed by atoms with Gasteiger partial charge in [-0.2, -0.15) is 0 Å². The Kier molecular flexibility index (Phi) is 6.44. The van der Waals surface area contributed by atoms with Crippen LogP contribution in [-0.4, -0.2) is 0 Å². The molecule has 0 saturated heterocycles. The van der Waals surface area contributed by atoms with E-state index in [1.165, 1.54) is 37.7 Å². The van der Waals surface area contributed by atoms with Gasteiger partial charge in [0.25, 0.3) is 0 Å². The minimum atomic E-state index is -2.74. The molecule has 0 aliphatic carbocycles. The molecule has 0 aromatic heterocycles. The summed E-state index contributed by atoms with van der Waals surface area (Å²) in [5, 5.41) is 18.1. The van der Waals surface area contributed by atoms with Crippen molar-refractivity contribution in [2.24, 2.45) is 0 Å². The Morgan fingerprint density at radius 3 is 1.11 bits per heavy atom. The Labute approximate surface area is 364 Å². The number of hydrogen-bond donors (Lipinski definition) is 0. The van der Waals surface area contributed by atoms with E-state index in [1.807, 2.05) is 12.1 Å². The Morgan fingerprint density at radius 1 is 0.328 bits per heavy atom. The maximum Gasteiger partial charge on any atom is 0.139 e. The molecule has 0 fully saturated rings. The van der Waals surface area contributed by atoms with Gasteiger partial charge in [-0.25, -0.2) is 0 Å². The zero-order valence-corrected chi connectivity index (χ0v) is 33.9. The van der Waals surface area contributed by atoms with E-state index in [4.69, 9.17) is 13.0 Å². The summed E-state index contributed by atoms with van der Waals surface area (Å²) in [4.78, 5) is 0. The van der Waals surface area contributed by atoms with Crippen molar-refractivity contribution < 1.29 is 13.0 Å². The van der Waals surface area contributed by atoms with Crippen LogP contribution in [0.5, 0.6) is 11.5 Å². The maximum atomic E-state index is 9.10. The Hall–Kier alpha value is -7.22. The normalized spacial score (nSPS) is 19.3. The average molecular weight is 787 g/mol. The minimum Gasteiger partial charge on any atom is -0.456 e. The van der Waals surface area contributed by atoms with Crippen molar-refractivity contribution in [1.29, 1.82) is 0 Å². The van der Waals surface area contributed by atoms with Crippen LogP contribution < -0.4 is 4.74 Å². The first-order valence-electron chi connectivity index (χ1n) is 24.0. The lowest BCUT2D eigenvalue weighted by Gasteiger charge is -2.41. The Morgan fingerprint density at radius 2 is 0.672 bits per heavy atom. The molecule has 0 N–H and O–H groups in total. The first-order chi connectivity index (χ1) is 32.3. The van der Waals surface area contributed by atoms with Crippen LogP contribution in [0.2, 0.25) is 0 Å². The highest BCUT2D eigenvalue weighted by Gasteiger charge is 2.45. The summed E-state index contributed by atoms with van der Waals surface area (Å²) in [6, 6.07) is 67.2. The zero-order chi connectivity index (χ0) is 46.0. The summed E-state index contributed by atoms with van der Waals surface area (Å²) in [7, 11) is 0. The van der Waals surface area contributed by atoms with Crippen LogP contribution in [0.1, 0.15) is 46.9 Å². The highest BCUT2D eigenvalue weighted by molar-refractivity contribution is 6.32. The highest BCUT2D eigenvalue weighted by atomic mass is 16.5. The molecule has 61 heavy (non-hydrogen) atoms. The molecule has 0 radical (unpaired) electrons. The van der Waals surface area contributed by atoms with E-state index in [-0.39, 0.29) is 0 Å². The van der Waals surface area contributed by atoms with Crippen molar-refractivity contribution in [3.05, 3.63) is 205 Å². The smallest absolute Gasteiger partial charge is 0.139 e. The SMILES string of the molecule is [2H]C([2H])([2H])C1(C)c2ccccc2Oc2c(-c3ccc4c5ccccc5c5cc6c7ccccc7c7ccccc7c7ccccc7c6cc5c5ccccc5c4c3)cccc2C1(C)C([2H])([2H])[2H]. The number of rotatable bonds is 1. The van der Waals surface area contributed by atoms with Gasteiger partial charge in [-0.05, 0) is 116 Å². The standard InChI is InChI=1S/C60H44O/c1-59(2)55-29-15-16-31-57(55)61-58-38(28-17-30-56(58)60(59,3)4)37-32-33-49-43-22-9-12-25-46(43)53-35-51-44-23-10-7-20-41(44)39-18-5-6-19-40(39)42-21-8-11-24-45(42)52(51)36-54(53)48-27-14-13-26-47(48)50(49)34-37/h5-36H,1-4H3/i1D3,3D3. The zero-order valence-electron chi connectivity index (χ0n) is 39.9.